The summed E-state index contributed by atoms with van der Waals surface area (Å²) in [7, 11) is 1.57. The Bertz CT molecular complexity index is 1300. The molecule has 168 valence electrons. The van der Waals surface area contributed by atoms with Gasteiger partial charge in [0.1, 0.15) is 28.8 Å². The number of aromatic nitrogens is 3. The predicted molar refractivity (Wildman–Crippen MR) is 125 cm³/mol. The molecule has 0 unspecified atom stereocenters. The molecule has 1 N–H and O–H groups in total. The van der Waals surface area contributed by atoms with Gasteiger partial charge in [-0.15, -0.1) is 0 Å². The molecule has 4 aromatic rings. The summed E-state index contributed by atoms with van der Waals surface area (Å²) in [6, 6.07) is 11.9. The third kappa shape index (κ3) is 4.24. The van der Waals surface area contributed by atoms with Gasteiger partial charge >= 0.3 is 0 Å². The van der Waals surface area contributed by atoms with Crippen LogP contribution in [0.1, 0.15) is 28.9 Å². The summed E-state index contributed by atoms with van der Waals surface area (Å²) < 4.78 is 21.3. The highest BCUT2D eigenvalue weighted by molar-refractivity contribution is 6.07. The number of nitrogens with zero attached hydrogens (tertiary/aromatic N) is 4. The summed E-state index contributed by atoms with van der Waals surface area (Å²) >= 11 is 0. The first kappa shape index (κ1) is 20.9. The van der Waals surface area contributed by atoms with E-state index in [9.17, 15) is 9.18 Å². The minimum atomic E-state index is -0.348. The number of methoxy groups -OCH3 is 1. The molecule has 0 spiro atoms. The van der Waals surface area contributed by atoms with E-state index in [2.05, 4.69) is 20.2 Å². The molecule has 5 rings (SSSR count). The van der Waals surface area contributed by atoms with Crippen LogP contribution in [0.25, 0.3) is 10.9 Å². The van der Waals surface area contributed by atoms with Crippen molar-refractivity contribution < 1.29 is 13.9 Å². The van der Waals surface area contributed by atoms with Gasteiger partial charge in [0.2, 0.25) is 0 Å². The topological polar surface area (TPSA) is 72.3 Å². The maximum Gasteiger partial charge on any atom is 0.272 e. The number of anilines is 2. The van der Waals surface area contributed by atoms with E-state index in [1.807, 2.05) is 22.8 Å². The molecule has 3 aromatic heterocycles. The van der Waals surface area contributed by atoms with Crippen LogP contribution in [0, 0.1) is 5.82 Å². The monoisotopic (exact) mass is 445 g/mol. The van der Waals surface area contributed by atoms with E-state index < -0.39 is 0 Å². The van der Waals surface area contributed by atoms with Crippen molar-refractivity contribution >= 4 is 28.3 Å². The Kier molecular flexibility index (Phi) is 5.64. The van der Waals surface area contributed by atoms with Crippen LogP contribution < -0.4 is 15.0 Å². The molecular weight excluding hydrogens is 421 g/mol. The van der Waals surface area contributed by atoms with Gasteiger partial charge in [0.25, 0.3) is 5.91 Å². The Labute approximate surface area is 190 Å². The van der Waals surface area contributed by atoms with Gasteiger partial charge in [-0.2, -0.15) is 0 Å². The number of halogens is 1. The molecule has 0 saturated carbocycles. The first-order valence-electron chi connectivity index (χ1n) is 10.9. The summed E-state index contributed by atoms with van der Waals surface area (Å²) in [5.74, 6) is 0.710. The second kappa shape index (κ2) is 8.90. The van der Waals surface area contributed by atoms with Crippen molar-refractivity contribution in [2.24, 2.45) is 0 Å². The van der Waals surface area contributed by atoms with Crippen LogP contribution in [0.15, 0.2) is 61.1 Å². The van der Waals surface area contributed by atoms with Crippen LogP contribution in [0.3, 0.4) is 0 Å². The molecule has 33 heavy (non-hydrogen) atoms. The van der Waals surface area contributed by atoms with Gasteiger partial charge in [-0.25, -0.2) is 9.37 Å². The van der Waals surface area contributed by atoms with E-state index in [1.165, 1.54) is 12.1 Å². The SMILES string of the molecule is COc1cc(N2CCCC2)ncc1NC(=O)c1cc2cc(F)ccc2n1Cc1ccncc1. The van der Waals surface area contributed by atoms with Crippen molar-refractivity contribution in [3.05, 3.63) is 78.1 Å². The van der Waals surface area contributed by atoms with Crippen LogP contribution >= 0.6 is 0 Å². The highest BCUT2D eigenvalue weighted by Gasteiger charge is 2.20. The Morgan fingerprint density at radius 2 is 1.91 bits per heavy atom. The lowest BCUT2D eigenvalue weighted by atomic mass is 10.2. The number of pyridine rings is 2. The number of fused-ring (bicyclic) bond motifs is 1. The Morgan fingerprint density at radius 1 is 1.12 bits per heavy atom. The highest BCUT2D eigenvalue weighted by Crippen LogP contribution is 2.30. The second-order valence-electron chi connectivity index (χ2n) is 8.07. The Morgan fingerprint density at radius 3 is 2.67 bits per heavy atom. The first-order valence-corrected chi connectivity index (χ1v) is 10.9. The van der Waals surface area contributed by atoms with Crippen molar-refractivity contribution in [1.29, 1.82) is 0 Å². The smallest absolute Gasteiger partial charge is 0.272 e. The van der Waals surface area contributed by atoms with E-state index in [-0.39, 0.29) is 11.7 Å². The molecule has 1 aliphatic rings. The molecule has 0 radical (unpaired) electrons. The predicted octanol–water partition coefficient (Wildman–Crippen LogP) is 4.48. The van der Waals surface area contributed by atoms with E-state index in [1.54, 1.807) is 37.8 Å². The molecule has 8 heteroatoms. The fourth-order valence-electron chi connectivity index (χ4n) is 4.27. The van der Waals surface area contributed by atoms with Crippen molar-refractivity contribution in [3.63, 3.8) is 0 Å². The molecule has 0 bridgehead atoms. The quantitative estimate of drug-likeness (QED) is 0.474. The van der Waals surface area contributed by atoms with E-state index in [0.717, 1.165) is 42.8 Å². The number of hydrogen-bond donors (Lipinski definition) is 1. The molecule has 1 saturated heterocycles. The maximum atomic E-state index is 13.9. The van der Waals surface area contributed by atoms with Gasteiger partial charge in [0.15, 0.2) is 0 Å². The van der Waals surface area contributed by atoms with Crippen LogP contribution in [0.2, 0.25) is 0 Å². The van der Waals surface area contributed by atoms with Crippen molar-refractivity contribution in [1.82, 2.24) is 14.5 Å². The fraction of sp³-hybridized carbons (Fsp3) is 0.240. The minimum Gasteiger partial charge on any atom is -0.494 e. The Balaban J connectivity index is 1.48. The number of ether oxygens (including phenoxy) is 1. The number of nitrogens with one attached hydrogen (secondary N) is 1. The summed E-state index contributed by atoms with van der Waals surface area (Å²) in [6.45, 7) is 2.38. The summed E-state index contributed by atoms with van der Waals surface area (Å²) in [4.78, 5) is 24.1. The summed E-state index contributed by atoms with van der Waals surface area (Å²) in [6.07, 6.45) is 7.33. The van der Waals surface area contributed by atoms with Gasteiger partial charge in [0, 0.05) is 49.0 Å². The maximum absolute atomic E-state index is 13.9. The zero-order valence-corrected chi connectivity index (χ0v) is 18.3. The second-order valence-corrected chi connectivity index (χ2v) is 8.07. The number of carbonyl (C=O) groups excluding carboxylic acids is 1. The molecule has 4 heterocycles. The zero-order chi connectivity index (χ0) is 22.8. The van der Waals surface area contributed by atoms with E-state index >= 15 is 0 Å². The average molecular weight is 445 g/mol. The molecular formula is C25H24FN5O2. The van der Waals surface area contributed by atoms with Crippen molar-refractivity contribution in [2.45, 2.75) is 19.4 Å². The summed E-state index contributed by atoms with van der Waals surface area (Å²) in [5, 5.41) is 3.58. The van der Waals surface area contributed by atoms with E-state index in [0.29, 0.717) is 29.1 Å². The number of rotatable bonds is 6. The standard InChI is InChI=1S/C25H24FN5O2/c1-33-23-14-24(30-10-2-3-11-30)28-15-20(23)29-25(32)22-13-18-12-19(26)4-5-21(18)31(22)16-17-6-8-27-9-7-17/h4-9,12-15H,2-3,10-11,16H2,1H3,(H,29,32). The molecule has 7 nitrogen and oxygen atoms in total. The largest absolute Gasteiger partial charge is 0.494 e. The van der Waals surface area contributed by atoms with Crippen molar-refractivity contribution in [3.8, 4) is 5.75 Å². The lowest BCUT2D eigenvalue weighted by molar-refractivity contribution is 0.101. The van der Waals surface area contributed by atoms with Crippen LogP contribution in [0.5, 0.6) is 5.75 Å². The molecule has 0 atom stereocenters. The van der Waals surface area contributed by atoms with Gasteiger partial charge in [0.05, 0.1) is 13.3 Å². The lowest BCUT2D eigenvalue weighted by Crippen LogP contribution is -2.20. The van der Waals surface area contributed by atoms with Crippen molar-refractivity contribution in [2.75, 3.05) is 30.4 Å². The third-order valence-corrected chi connectivity index (χ3v) is 5.94. The Hall–Kier alpha value is -3.94. The average Bonchev–Trinajstić information content (AvgIpc) is 3.48. The molecule has 1 amide bonds. The zero-order valence-electron chi connectivity index (χ0n) is 18.3. The first-order chi connectivity index (χ1) is 16.1. The molecule has 1 aliphatic heterocycles. The molecule has 0 aliphatic carbocycles. The van der Waals surface area contributed by atoms with Gasteiger partial charge in [-0.05, 0) is 54.8 Å². The number of benzene rings is 1. The third-order valence-electron chi connectivity index (χ3n) is 5.94. The number of carbonyl (C=O) groups is 1. The molecule has 1 aromatic carbocycles. The van der Waals surface area contributed by atoms with Gasteiger partial charge in [-0.1, -0.05) is 0 Å². The number of hydrogen-bond acceptors (Lipinski definition) is 5. The van der Waals surface area contributed by atoms with Gasteiger partial charge < -0.3 is 19.5 Å². The molecule has 1 fully saturated rings. The lowest BCUT2D eigenvalue weighted by Gasteiger charge is -2.18. The van der Waals surface area contributed by atoms with Crippen LogP contribution in [-0.4, -0.2) is 40.6 Å². The van der Waals surface area contributed by atoms with Crippen LogP contribution in [-0.2, 0) is 6.54 Å². The minimum absolute atomic E-state index is 0.324. The van der Waals surface area contributed by atoms with Gasteiger partial charge in [-0.3, -0.25) is 9.78 Å². The number of amides is 1. The van der Waals surface area contributed by atoms with Crippen LogP contribution in [0.4, 0.5) is 15.9 Å². The highest BCUT2D eigenvalue weighted by atomic mass is 19.1. The summed E-state index contributed by atoms with van der Waals surface area (Å²) in [5.41, 5.74) is 2.65. The normalized spacial score (nSPS) is 13.5. The van der Waals surface area contributed by atoms with E-state index in [4.69, 9.17) is 4.74 Å². The fourth-order valence-corrected chi connectivity index (χ4v) is 4.27.